The lowest BCUT2D eigenvalue weighted by atomic mass is 10.3. The van der Waals surface area contributed by atoms with Gasteiger partial charge < -0.3 is 4.98 Å². The topological polar surface area (TPSA) is 74.8 Å². The maximum atomic E-state index is 13.5. The van der Waals surface area contributed by atoms with Gasteiger partial charge in [0.15, 0.2) is 5.82 Å². The van der Waals surface area contributed by atoms with Crippen LogP contribution in [0.2, 0.25) is 5.02 Å². The molecule has 8 heteroatoms. The summed E-state index contributed by atoms with van der Waals surface area (Å²) in [5, 5.41) is -0.257. The van der Waals surface area contributed by atoms with Crippen LogP contribution in [0.15, 0.2) is 35.5 Å². The summed E-state index contributed by atoms with van der Waals surface area (Å²) in [5.74, 6) is -0.988. The number of anilines is 1. The quantitative estimate of drug-likeness (QED) is 0.900. The second kappa shape index (κ2) is 4.34. The van der Waals surface area contributed by atoms with Gasteiger partial charge >= 0.3 is 0 Å². The highest BCUT2D eigenvalue weighted by molar-refractivity contribution is 7.92. The third-order valence-corrected chi connectivity index (χ3v) is 3.58. The van der Waals surface area contributed by atoms with Crippen LogP contribution in [0.1, 0.15) is 0 Å². The molecule has 2 rings (SSSR count). The van der Waals surface area contributed by atoms with Crippen LogP contribution in [0.3, 0.4) is 0 Å². The molecule has 0 unspecified atom stereocenters. The van der Waals surface area contributed by atoms with Gasteiger partial charge in [-0.25, -0.2) is 22.5 Å². The van der Waals surface area contributed by atoms with Crippen LogP contribution in [0.5, 0.6) is 0 Å². The molecule has 1 aromatic heterocycles. The molecule has 0 bridgehead atoms. The SMILES string of the molecule is O=S(=O)(Nc1ncc[nH]1)c1cccc(Cl)c1F. The maximum Gasteiger partial charge on any atom is 0.267 e. The van der Waals surface area contributed by atoms with Gasteiger partial charge in [-0.05, 0) is 12.1 Å². The second-order valence-electron chi connectivity index (χ2n) is 3.10. The van der Waals surface area contributed by atoms with Crippen molar-refractivity contribution in [2.75, 3.05) is 4.72 Å². The van der Waals surface area contributed by atoms with E-state index >= 15 is 0 Å². The lowest BCUT2D eigenvalue weighted by Crippen LogP contribution is -2.15. The van der Waals surface area contributed by atoms with Crippen molar-refractivity contribution in [3.8, 4) is 0 Å². The highest BCUT2D eigenvalue weighted by Crippen LogP contribution is 2.22. The standard InChI is InChI=1S/C9H7ClFN3O2S/c10-6-2-1-3-7(8(6)11)17(15,16)14-9-12-4-5-13-9/h1-5H,(H2,12,13,14). The Balaban J connectivity index is 2.42. The van der Waals surface area contributed by atoms with Gasteiger partial charge in [-0.15, -0.1) is 0 Å². The molecule has 0 aliphatic heterocycles. The molecule has 1 heterocycles. The third kappa shape index (κ3) is 2.40. The first-order chi connectivity index (χ1) is 8.00. The molecule has 0 spiro atoms. The Kier molecular flexibility index (Phi) is 3.03. The fourth-order valence-corrected chi connectivity index (χ4v) is 2.51. The van der Waals surface area contributed by atoms with E-state index in [1.54, 1.807) is 0 Å². The lowest BCUT2D eigenvalue weighted by Gasteiger charge is -2.06. The Hall–Kier alpha value is -1.60. The van der Waals surface area contributed by atoms with Gasteiger partial charge in [0.25, 0.3) is 10.0 Å². The highest BCUT2D eigenvalue weighted by atomic mass is 35.5. The van der Waals surface area contributed by atoms with Crippen LogP contribution in [0.4, 0.5) is 10.3 Å². The maximum absolute atomic E-state index is 13.5. The van der Waals surface area contributed by atoms with Crippen molar-refractivity contribution in [1.82, 2.24) is 9.97 Å². The molecule has 0 radical (unpaired) electrons. The van der Waals surface area contributed by atoms with E-state index < -0.39 is 20.7 Å². The first-order valence-corrected chi connectivity index (χ1v) is 6.33. The molecule has 0 saturated carbocycles. The molecule has 0 saturated heterocycles. The van der Waals surface area contributed by atoms with Crippen LogP contribution in [0.25, 0.3) is 0 Å². The van der Waals surface area contributed by atoms with Crippen molar-refractivity contribution >= 4 is 27.6 Å². The van der Waals surface area contributed by atoms with E-state index in [2.05, 4.69) is 14.7 Å². The number of aromatic amines is 1. The average molecular weight is 276 g/mol. The molecule has 0 fully saturated rings. The van der Waals surface area contributed by atoms with Crippen LogP contribution in [-0.2, 0) is 10.0 Å². The van der Waals surface area contributed by atoms with Gasteiger partial charge in [0.1, 0.15) is 4.90 Å². The summed E-state index contributed by atoms with van der Waals surface area (Å²) < 4.78 is 39.2. The number of hydrogen-bond donors (Lipinski definition) is 2. The molecular formula is C9H7ClFN3O2S. The van der Waals surface area contributed by atoms with E-state index in [1.165, 1.54) is 24.5 Å². The average Bonchev–Trinajstić information content (AvgIpc) is 2.73. The van der Waals surface area contributed by atoms with Crippen molar-refractivity contribution in [2.24, 2.45) is 0 Å². The molecule has 2 aromatic rings. The van der Waals surface area contributed by atoms with Crippen molar-refractivity contribution < 1.29 is 12.8 Å². The first kappa shape index (κ1) is 11.9. The number of benzene rings is 1. The van der Waals surface area contributed by atoms with E-state index in [-0.39, 0.29) is 11.0 Å². The molecule has 0 atom stereocenters. The van der Waals surface area contributed by atoms with E-state index in [0.717, 1.165) is 6.07 Å². The summed E-state index contributed by atoms with van der Waals surface area (Å²) in [4.78, 5) is 5.69. The summed E-state index contributed by atoms with van der Waals surface area (Å²) in [6, 6.07) is 3.73. The Morgan fingerprint density at radius 3 is 2.82 bits per heavy atom. The monoisotopic (exact) mass is 275 g/mol. The molecule has 0 aliphatic carbocycles. The Morgan fingerprint density at radius 1 is 1.41 bits per heavy atom. The number of H-pyrrole nitrogens is 1. The number of halogens is 2. The minimum atomic E-state index is -4.04. The number of hydrogen-bond acceptors (Lipinski definition) is 3. The smallest absolute Gasteiger partial charge is 0.267 e. The summed E-state index contributed by atoms with van der Waals surface area (Å²) >= 11 is 5.51. The predicted octanol–water partition coefficient (Wildman–Crippen LogP) is 2.00. The second-order valence-corrected chi connectivity index (χ2v) is 5.15. The van der Waals surface area contributed by atoms with Gasteiger partial charge in [0, 0.05) is 12.4 Å². The van der Waals surface area contributed by atoms with Gasteiger partial charge in [0.05, 0.1) is 5.02 Å². The summed E-state index contributed by atoms with van der Waals surface area (Å²) in [6.45, 7) is 0. The van der Waals surface area contributed by atoms with E-state index in [1.807, 2.05) is 0 Å². The number of sulfonamides is 1. The van der Waals surface area contributed by atoms with Gasteiger partial charge in [0.2, 0.25) is 5.95 Å². The third-order valence-electron chi connectivity index (χ3n) is 1.93. The minimum Gasteiger partial charge on any atom is -0.330 e. The van der Waals surface area contributed by atoms with Crippen molar-refractivity contribution in [3.63, 3.8) is 0 Å². The molecule has 0 aliphatic rings. The lowest BCUT2D eigenvalue weighted by molar-refractivity contribution is 0.570. The number of rotatable bonds is 3. The minimum absolute atomic E-state index is 0.00405. The Labute approximate surface area is 102 Å². The highest BCUT2D eigenvalue weighted by Gasteiger charge is 2.21. The van der Waals surface area contributed by atoms with Gasteiger partial charge in [-0.3, -0.25) is 0 Å². The van der Waals surface area contributed by atoms with Crippen molar-refractivity contribution in [2.45, 2.75) is 4.90 Å². The predicted molar refractivity (Wildman–Crippen MR) is 60.8 cm³/mol. The molecule has 0 amide bonds. The van der Waals surface area contributed by atoms with Crippen molar-refractivity contribution in [1.29, 1.82) is 0 Å². The summed E-state index contributed by atoms with van der Waals surface area (Å²) in [5.41, 5.74) is 0. The van der Waals surface area contributed by atoms with Crippen LogP contribution in [-0.4, -0.2) is 18.4 Å². The number of nitrogens with one attached hydrogen (secondary N) is 2. The molecule has 1 aromatic carbocycles. The van der Waals surface area contributed by atoms with Crippen LogP contribution >= 0.6 is 11.6 Å². The molecule has 5 nitrogen and oxygen atoms in total. The van der Waals surface area contributed by atoms with E-state index in [4.69, 9.17) is 11.6 Å². The molecule has 17 heavy (non-hydrogen) atoms. The Morgan fingerprint density at radius 2 is 2.18 bits per heavy atom. The van der Waals surface area contributed by atoms with Gasteiger partial charge in [-0.2, -0.15) is 0 Å². The number of aromatic nitrogens is 2. The zero-order chi connectivity index (χ0) is 12.5. The fourth-order valence-electron chi connectivity index (χ4n) is 1.19. The van der Waals surface area contributed by atoms with Crippen LogP contribution in [0, 0.1) is 5.82 Å². The number of imidazole rings is 1. The molecular weight excluding hydrogens is 269 g/mol. The van der Waals surface area contributed by atoms with E-state index in [0.29, 0.717) is 0 Å². The first-order valence-electron chi connectivity index (χ1n) is 4.47. The van der Waals surface area contributed by atoms with Gasteiger partial charge in [-0.1, -0.05) is 17.7 Å². The zero-order valence-corrected chi connectivity index (χ0v) is 9.89. The molecule has 90 valence electrons. The zero-order valence-electron chi connectivity index (χ0n) is 8.31. The van der Waals surface area contributed by atoms with Crippen LogP contribution < -0.4 is 4.72 Å². The van der Waals surface area contributed by atoms with E-state index in [9.17, 15) is 12.8 Å². The van der Waals surface area contributed by atoms with Crippen molar-refractivity contribution in [3.05, 3.63) is 41.4 Å². The summed E-state index contributed by atoms with van der Waals surface area (Å²) in [7, 11) is -4.04. The fraction of sp³-hybridized carbons (Fsp3) is 0. The number of nitrogens with zero attached hydrogens (tertiary/aromatic N) is 1. The largest absolute Gasteiger partial charge is 0.330 e. The normalized spacial score (nSPS) is 11.4. The Bertz CT molecular complexity index is 628. The summed E-state index contributed by atoms with van der Waals surface area (Å²) in [6.07, 6.45) is 2.80. The molecule has 2 N–H and O–H groups in total.